The van der Waals surface area contributed by atoms with Crippen LogP contribution in [0.15, 0.2) is 35.6 Å². The molecular formula is C14H20N2O3. The van der Waals surface area contributed by atoms with Gasteiger partial charge in [-0.15, -0.1) is 0 Å². The summed E-state index contributed by atoms with van der Waals surface area (Å²) in [5.41, 5.74) is 1.31. The predicted molar refractivity (Wildman–Crippen MR) is 73.6 cm³/mol. The van der Waals surface area contributed by atoms with Crippen LogP contribution in [-0.4, -0.2) is 27.2 Å². The van der Waals surface area contributed by atoms with Crippen LogP contribution in [0.5, 0.6) is 5.75 Å². The molecule has 0 aliphatic carbocycles. The van der Waals surface area contributed by atoms with Crippen LogP contribution in [0.4, 0.5) is 0 Å². The molecule has 0 aliphatic rings. The molecule has 5 nitrogen and oxygen atoms in total. The lowest BCUT2D eigenvalue weighted by Crippen LogP contribution is -2.18. The second-order valence-electron chi connectivity index (χ2n) is 4.42. The Morgan fingerprint density at radius 1 is 1.42 bits per heavy atom. The summed E-state index contributed by atoms with van der Waals surface area (Å²) in [5, 5.41) is 34.5. The van der Waals surface area contributed by atoms with Crippen LogP contribution in [0.1, 0.15) is 32.8 Å². The van der Waals surface area contributed by atoms with Crippen molar-refractivity contribution < 1.29 is 15.1 Å². The molecule has 0 fully saturated rings. The summed E-state index contributed by atoms with van der Waals surface area (Å²) in [6, 6.07) is 6.36. The number of aliphatic hydroxyl groups is 1. The van der Waals surface area contributed by atoms with E-state index >= 15 is 0 Å². The van der Waals surface area contributed by atoms with Crippen molar-refractivity contribution in [1.82, 2.24) is 0 Å². The van der Waals surface area contributed by atoms with Gasteiger partial charge in [-0.2, -0.15) is 0 Å². The molecule has 1 aromatic rings. The van der Waals surface area contributed by atoms with Gasteiger partial charge in [0, 0.05) is 11.1 Å². The third-order valence-corrected chi connectivity index (χ3v) is 2.89. The number of phenolic OH excluding ortho intramolecular Hbond substituents is 1. The minimum atomic E-state index is -0.681. The molecule has 0 bridgehead atoms. The number of hydroxylamine groups is 1. The molecule has 2 N–H and O–H groups in total. The fourth-order valence-electron chi connectivity index (χ4n) is 1.54. The van der Waals surface area contributed by atoms with Crippen LogP contribution < -0.4 is 0 Å². The maximum Gasteiger partial charge on any atom is 0.213 e. The lowest BCUT2D eigenvalue weighted by Gasteiger charge is -2.08. The van der Waals surface area contributed by atoms with E-state index in [0.717, 1.165) is 0 Å². The Labute approximate surface area is 113 Å². The van der Waals surface area contributed by atoms with E-state index in [1.165, 1.54) is 6.20 Å². The third kappa shape index (κ3) is 4.37. The van der Waals surface area contributed by atoms with Gasteiger partial charge < -0.3 is 15.4 Å². The van der Waals surface area contributed by atoms with Gasteiger partial charge in [-0.3, -0.25) is 0 Å². The van der Waals surface area contributed by atoms with E-state index in [0.29, 0.717) is 22.4 Å². The van der Waals surface area contributed by atoms with Crippen molar-refractivity contribution in [2.24, 2.45) is 5.11 Å². The van der Waals surface area contributed by atoms with E-state index in [1.807, 2.05) is 6.92 Å². The Morgan fingerprint density at radius 3 is 2.58 bits per heavy atom. The van der Waals surface area contributed by atoms with Crippen LogP contribution in [0.25, 0.3) is 5.57 Å². The van der Waals surface area contributed by atoms with Crippen molar-refractivity contribution in [2.75, 3.05) is 0 Å². The molecule has 0 heterocycles. The van der Waals surface area contributed by atoms with Gasteiger partial charge in [0.2, 0.25) is 6.20 Å². The van der Waals surface area contributed by atoms with Crippen molar-refractivity contribution in [3.63, 3.8) is 0 Å². The standard InChI is InChI=1S/C14H20N2O3/c1-4-12(13-7-5-6-8-14(13)18)9-16(19)15-10(2)11(3)17/h5-11,17-18H,4H2,1-3H3/b12-9-,16-15?. The zero-order valence-corrected chi connectivity index (χ0v) is 11.4. The molecule has 0 spiro atoms. The molecule has 19 heavy (non-hydrogen) atoms. The molecule has 2 atom stereocenters. The first-order chi connectivity index (χ1) is 8.95. The van der Waals surface area contributed by atoms with Crippen LogP contribution in [0.2, 0.25) is 0 Å². The molecule has 0 saturated carbocycles. The molecule has 0 amide bonds. The maximum absolute atomic E-state index is 11.7. The molecule has 104 valence electrons. The number of allylic oxidation sites excluding steroid dienone is 1. The van der Waals surface area contributed by atoms with E-state index in [4.69, 9.17) is 0 Å². The second kappa shape index (κ2) is 6.89. The summed E-state index contributed by atoms with van der Waals surface area (Å²) in [5.74, 6) is 0.132. The van der Waals surface area contributed by atoms with Crippen molar-refractivity contribution in [3.8, 4) is 5.75 Å². The zero-order valence-electron chi connectivity index (χ0n) is 11.4. The summed E-state index contributed by atoms with van der Waals surface area (Å²) in [7, 11) is 0. The smallest absolute Gasteiger partial charge is 0.213 e. The summed E-state index contributed by atoms with van der Waals surface area (Å²) in [4.78, 5) is 0.447. The average molecular weight is 264 g/mol. The second-order valence-corrected chi connectivity index (χ2v) is 4.42. The number of aliphatic hydroxyl groups excluding tert-OH is 1. The third-order valence-electron chi connectivity index (χ3n) is 2.89. The Bertz CT molecular complexity index is 481. The number of benzene rings is 1. The summed E-state index contributed by atoms with van der Waals surface area (Å²) >= 11 is 0. The number of phenols is 1. The normalized spacial score (nSPS) is 16.2. The first-order valence-corrected chi connectivity index (χ1v) is 6.30. The topological polar surface area (TPSA) is 78.9 Å². The van der Waals surface area contributed by atoms with E-state index in [-0.39, 0.29) is 5.75 Å². The number of rotatable bonds is 5. The number of hydrogen-bond donors (Lipinski definition) is 2. The van der Waals surface area contributed by atoms with E-state index in [9.17, 15) is 15.4 Å². The monoisotopic (exact) mass is 264 g/mol. The molecule has 1 rings (SSSR count). The van der Waals surface area contributed by atoms with Gasteiger partial charge in [0.25, 0.3) is 0 Å². The molecule has 2 unspecified atom stereocenters. The summed E-state index contributed by atoms with van der Waals surface area (Å²) < 4.78 is 0. The Morgan fingerprint density at radius 2 is 2.05 bits per heavy atom. The summed E-state index contributed by atoms with van der Waals surface area (Å²) in [6.07, 6.45) is 1.24. The first kappa shape index (κ1) is 15.2. The zero-order chi connectivity index (χ0) is 14.4. The molecule has 0 saturated heterocycles. The van der Waals surface area contributed by atoms with Crippen LogP contribution in [-0.2, 0) is 0 Å². The van der Waals surface area contributed by atoms with E-state index in [1.54, 1.807) is 38.1 Å². The van der Waals surface area contributed by atoms with Gasteiger partial charge in [-0.1, -0.05) is 30.0 Å². The Hall–Kier alpha value is -1.88. The lowest BCUT2D eigenvalue weighted by atomic mass is 10.0. The van der Waals surface area contributed by atoms with Crippen molar-refractivity contribution in [1.29, 1.82) is 0 Å². The fraction of sp³-hybridized carbons (Fsp3) is 0.429. The largest absolute Gasteiger partial charge is 0.595 e. The quantitative estimate of drug-likeness (QED) is 0.487. The average Bonchev–Trinajstić information content (AvgIpc) is 2.36. The number of para-hydroxylation sites is 1. The highest BCUT2D eigenvalue weighted by molar-refractivity contribution is 5.69. The minimum Gasteiger partial charge on any atom is -0.595 e. The molecule has 0 radical (unpaired) electrons. The van der Waals surface area contributed by atoms with E-state index < -0.39 is 12.1 Å². The van der Waals surface area contributed by atoms with Gasteiger partial charge in [0.1, 0.15) is 11.8 Å². The SMILES string of the molecule is CC/C(=C/[N+]([O-])=NC(C)C(C)O)c1ccccc1O. The molecule has 5 heteroatoms. The van der Waals surface area contributed by atoms with Crippen LogP contribution in [0, 0.1) is 5.21 Å². The Kier molecular flexibility index (Phi) is 5.51. The number of azo groups is 1. The number of aromatic hydroxyl groups is 1. The summed E-state index contributed by atoms with van der Waals surface area (Å²) in [6.45, 7) is 5.13. The first-order valence-electron chi connectivity index (χ1n) is 6.30. The van der Waals surface area contributed by atoms with Crippen LogP contribution in [0.3, 0.4) is 0 Å². The van der Waals surface area contributed by atoms with Crippen molar-refractivity contribution >= 4 is 5.57 Å². The van der Waals surface area contributed by atoms with E-state index in [2.05, 4.69) is 5.11 Å². The Balaban J connectivity index is 3.04. The highest BCUT2D eigenvalue weighted by atomic mass is 16.5. The van der Waals surface area contributed by atoms with Gasteiger partial charge in [0.15, 0.2) is 0 Å². The van der Waals surface area contributed by atoms with Gasteiger partial charge in [-0.05, 0) is 31.4 Å². The van der Waals surface area contributed by atoms with Crippen molar-refractivity contribution in [3.05, 3.63) is 41.2 Å². The molecule has 0 aliphatic heterocycles. The fourth-order valence-corrected chi connectivity index (χ4v) is 1.54. The van der Waals surface area contributed by atoms with Crippen molar-refractivity contribution in [2.45, 2.75) is 39.3 Å². The predicted octanol–water partition coefficient (Wildman–Crippen LogP) is 2.87. The molecular weight excluding hydrogens is 244 g/mol. The highest BCUT2D eigenvalue weighted by Gasteiger charge is 2.12. The lowest BCUT2D eigenvalue weighted by molar-refractivity contribution is -0.462. The molecule has 0 aromatic heterocycles. The number of hydrogen-bond acceptors (Lipinski definition) is 4. The van der Waals surface area contributed by atoms with Crippen LogP contribution >= 0.6 is 0 Å². The van der Waals surface area contributed by atoms with Gasteiger partial charge >= 0.3 is 0 Å². The van der Waals surface area contributed by atoms with Gasteiger partial charge in [-0.25, -0.2) is 0 Å². The van der Waals surface area contributed by atoms with Gasteiger partial charge in [0.05, 0.1) is 6.10 Å². The minimum absolute atomic E-state index is 0.132. The number of nitrogens with zero attached hydrogens (tertiary/aromatic N) is 2. The highest BCUT2D eigenvalue weighted by Crippen LogP contribution is 2.26. The maximum atomic E-state index is 11.7. The molecule has 1 aromatic carbocycles.